The summed E-state index contributed by atoms with van der Waals surface area (Å²) in [5, 5.41) is 3.60. The molecule has 1 fully saturated rings. The van der Waals surface area contributed by atoms with Crippen LogP contribution in [-0.4, -0.2) is 12.3 Å². The molecule has 1 aliphatic rings. The van der Waals surface area contributed by atoms with E-state index in [-0.39, 0.29) is 0 Å². The first-order chi connectivity index (χ1) is 7.38. The van der Waals surface area contributed by atoms with Crippen molar-refractivity contribution in [3.63, 3.8) is 0 Å². The molecular formula is C13H19NS. The number of thioether (sulfide) groups is 1. The van der Waals surface area contributed by atoms with E-state index in [1.165, 1.54) is 36.9 Å². The molecular weight excluding hydrogens is 202 g/mol. The maximum absolute atomic E-state index is 3.60. The van der Waals surface area contributed by atoms with E-state index in [4.69, 9.17) is 0 Å². The van der Waals surface area contributed by atoms with Crippen LogP contribution in [0.25, 0.3) is 0 Å². The molecule has 0 radical (unpaired) electrons. The normalized spacial score (nSPS) is 16.9. The first kappa shape index (κ1) is 10.9. The SMILES string of the molecule is CSCc1ccc(NC2CCCC2)cc1. The second-order valence-corrected chi connectivity index (χ2v) is 5.12. The van der Waals surface area contributed by atoms with Gasteiger partial charge in [0.05, 0.1) is 0 Å². The topological polar surface area (TPSA) is 12.0 Å². The van der Waals surface area contributed by atoms with E-state index in [1.807, 2.05) is 11.8 Å². The summed E-state index contributed by atoms with van der Waals surface area (Å²) in [4.78, 5) is 0. The van der Waals surface area contributed by atoms with Crippen LogP contribution in [0.2, 0.25) is 0 Å². The van der Waals surface area contributed by atoms with E-state index in [2.05, 4.69) is 35.8 Å². The summed E-state index contributed by atoms with van der Waals surface area (Å²) in [7, 11) is 0. The van der Waals surface area contributed by atoms with Crippen molar-refractivity contribution in [3.8, 4) is 0 Å². The monoisotopic (exact) mass is 221 g/mol. The third-order valence-electron chi connectivity index (χ3n) is 2.99. The quantitative estimate of drug-likeness (QED) is 0.827. The molecule has 0 unspecified atom stereocenters. The Kier molecular flexibility index (Phi) is 3.95. The molecule has 2 rings (SSSR count). The van der Waals surface area contributed by atoms with Gasteiger partial charge in [0, 0.05) is 17.5 Å². The first-order valence-corrected chi connectivity index (χ1v) is 7.12. The average Bonchev–Trinajstić information content (AvgIpc) is 2.74. The largest absolute Gasteiger partial charge is 0.382 e. The van der Waals surface area contributed by atoms with Gasteiger partial charge in [-0.3, -0.25) is 0 Å². The standard InChI is InChI=1S/C13H19NS/c1-15-10-11-6-8-13(9-7-11)14-12-4-2-3-5-12/h6-9,12,14H,2-5,10H2,1H3. The molecule has 0 aliphatic heterocycles. The highest BCUT2D eigenvalue weighted by Gasteiger charge is 2.13. The van der Waals surface area contributed by atoms with Gasteiger partial charge < -0.3 is 5.32 Å². The molecule has 15 heavy (non-hydrogen) atoms. The van der Waals surface area contributed by atoms with Gasteiger partial charge in [-0.1, -0.05) is 25.0 Å². The first-order valence-electron chi connectivity index (χ1n) is 5.73. The molecule has 0 saturated heterocycles. The van der Waals surface area contributed by atoms with E-state index >= 15 is 0 Å². The van der Waals surface area contributed by atoms with Crippen molar-refractivity contribution in [2.75, 3.05) is 11.6 Å². The van der Waals surface area contributed by atoms with Gasteiger partial charge in [-0.25, -0.2) is 0 Å². The predicted octanol–water partition coefficient (Wildman–Crippen LogP) is 3.90. The molecule has 1 nitrogen and oxygen atoms in total. The highest BCUT2D eigenvalue weighted by atomic mass is 32.2. The number of hydrogen-bond acceptors (Lipinski definition) is 2. The van der Waals surface area contributed by atoms with Crippen LogP contribution >= 0.6 is 11.8 Å². The van der Waals surface area contributed by atoms with Gasteiger partial charge in [0.15, 0.2) is 0 Å². The maximum Gasteiger partial charge on any atom is 0.0342 e. The van der Waals surface area contributed by atoms with E-state index in [0.29, 0.717) is 0 Å². The molecule has 1 aromatic carbocycles. The van der Waals surface area contributed by atoms with Crippen LogP contribution in [0.5, 0.6) is 0 Å². The zero-order valence-electron chi connectivity index (χ0n) is 9.33. The summed E-state index contributed by atoms with van der Waals surface area (Å²) in [6.07, 6.45) is 7.61. The summed E-state index contributed by atoms with van der Waals surface area (Å²) < 4.78 is 0. The number of benzene rings is 1. The highest BCUT2D eigenvalue weighted by molar-refractivity contribution is 7.97. The smallest absolute Gasteiger partial charge is 0.0342 e. The van der Waals surface area contributed by atoms with Gasteiger partial charge in [-0.05, 0) is 36.8 Å². The highest BCUT2D eigenvalue weighted by Crippen LogP contribution is 2.22. The zero-order valence-corrected chi connectivity index (χ0v) is 10.1. The van der Waals surface area contributed by atoms with Crippen LogP contribution < -0.4 is 5.32 Å². The molecule has 0 aromatic heterocycles. The van der Waals surface area contributed by atoms with Gasteiger partial charge in [-0.15, -0.1) is 0 Å². The maximum atomic E-state index is 3.60. The van der Waals surface area contributed by atoms with Gasteiger partial charge in [0.25, 0.3) is 0 Å². The Labute approximate surface area is 96.7 Å². The third-order valence-corrected chi connectivity index (χ3v) is 3.61. The molecule has 1 aliphatic carbocycles. The summed E-state index contributed by atoms with van der Waals surface area (Å²) in [5.41, 5.74) is 2.70. The van der Waals surface area contributed by atoms with Gasteiger partial charge >= 0.3 is 0 Å². The molecule has 0 bridgehead atoms. The van der Waals surface area contributed by atoms with Crippen molar-refractivity contribution in [3.05, 3.63) is 29.8 Å². The van der Waals surface area contributed by atoms with Crippen LogP contribution in [0.15, 0.2) is 24.3 Å². The Bertz CT molecular complexity index is 288. The Morgan fingerprint density at radius 1 is 1.20 bits per heavy atom. The molecule has 1 aromatic rings. The molecule has 0 atom stereocenters. The molecule has 0 heterocycles. The third kappa shape index (κ3) is 3.16. The molecule has 82 valence electrons. The minimum Gasteiger partial charge on any atom is -0.382 e. The molecule has 0 spiro atoms. The summed E-state index contributed by atoms with van der Waals surface area (Å²) in [6.45, 7) is 0. The van der Waals surface area contributed by atoms with E-state index < -0.39 is 0 Å². The number of nitrogens with one attached hydrogen (secondary N) is 1. The van der Waals surface area contributed by atoms with Crippen molar-refractivity contribution >= 4 is 17.4 Å². The van der Waals surface area contributed by atoms with E-state index in [0.717, 1.165) is 11.8 Å². The van der Waals surface area contributed by atoms with Crippen LogP contribution in [-0.2, 0) is 5.75 Å². The van der Waals surface area contributed by atoms with E-state index in [1.54, 1.807) is 0 Å². The molecule has 2 heteroatoms. The minimum absolute atomic E-state index is 0.719. The van der Waals surface area contributed by atoms with Crippen LogP contribution in [0.3, 0.4) is 0 Å². The molecule has 1 N–H and O–H groups in total. The average molecular weight is 221 g/mol. The lowest BCUT2D eigenvalue weighted by molar-refractivity contribution is 0.755. The van der Waals surface area contributed by atoms with Crippen molar-refractivity contribution in [2.24, 2.45) is 0 Å². The summed E-state index contributed by atoms with van der Waals surface area (Å²) in [6, 6.07) is 9.60. The lowest BCUT2D eigenvalue weighted by atomic mass is 10.2. The molecule has 0 amide bonds. The van der Waals surface area contributed by atoms with E-state index in [9.17, 15) is 0 Å². The fraction of sp³-hybridized carbons (Fsp3) is 0.538. The van der Waals surface area contributed by atoms with Crippen LogP contribution in [0, 0.1) is 0 Å². The Hall–Kier alpha value is -0.630. The fourth-order valence-corrected chi connectivity index (χ4v) is 2.70. The van der Waals surface area contributed by atoms with Gasteiger partial charge in [-0.2, -0.15) is 11.8 Å². The van der Waals surface area contributed by atoms with Crippen molar-refractivity contribution in [1.82, 2.24) is 0 Å². The lowest BCUT2D eigenvalue weighted by Crippen LogP contribution is -2.14. The van der Waals surface area contributed by atoms with Crippen molar-refractivity contribution in [1.29, 1.82) is 0 Å². The van der Waals surface area contributed by atoms with Crippen LogP contribution in [0.4, 0.5) is 5.69 Å². The summed E-state index contributed by atoms with van der Waals surface area (Å²) >= 11 is 1.87. The van der Waals surface area contributed by atoms with Crippen molar-refractivity contribution < 1.29 is 0 Å². The zero-order chi connectivity index (χ0) is 10.5. The number of rotatable bonds is 4. The Balaban J connectivity index is 1.91. The minimum atomic E-state index is 0.719. The number of hydrogen-bond donors (Lipinski definition) is 1. The fourth-order valence-electron chi connectivity index (χ4n) is 2.17. The lowest BCUT2D eigenvalue weighted by Gasteiger charge is -2.13. The van der Waals surface area contributed by atoms with Crippen LogP contribution in [0.1, 0.15) is 31.2 Å². The number of anilines is 1. The predicted molar refractivity (Wildman–Crippen MR) is 69.5 cm³/mol. The van der Waals surface area contributed by atoms with Gasteiger partial charge in [0.1, 0.15) is 0 Å². The Morgan fingerprint density at radius 3 is 2.47 bits per heavy atom. The van der Waals surface area contributed by atoms with Gasteiger partial charge in [0.2, 0.25) is 0 Å². The van der Waals surface area contributed by atoms with Crippen molar-refractivity contribution in [2.45, 2.75) is 37.5 Å². The summed E-state index contributed by atoms with van der Waals surface area (Å²) in [5.74, 6) is 1.11. The molecule has 1 saturated carbocycles. The second kappa shape index (κ2) is 5.45. The Morgan fingerprint density at radius 2 is 1.87 bits per heavy atom. The second-order valence-electron chi connectivity index (χ2n) is 4.26.